The predicted octanol–water partition coefficient (Wildman–Crippen LogP) is 2.55. The van der Waals surface area contributed by atoms with Gasteiger partial charge in [0.1, 0.15) is 24.1 Å². The number of nitrogens with one attached hydrogen (secondary N) is 1. The monoisotopic (exact) mass is 332 g/mol. The third kappa shape index (κ3) is 3.12. The molecule has 0 saturated heterocycles. The topological polar surface area (TPSA) is 90.1 Å². The molecule has 1 N–H and O–H groups in total. The highest BCUT2D eigenvalue weighted by molar-refractivity contribution is 5.93. The van der Waals surface area contributed by atoms with Crippen LogP contribution in [0.2, 0.25) is 0 Å². The van der Waals surface area contributed by atoms with Crippen LogP contribution in [0.1, 0.15) is 13.0 Å². The van der Waals surface area contributed by atoms with E-state index in [1.165, 1.54) is 6.92 Å². The van der Waals surface area contributed by atoms with Crippen LogP contribution in [0.25, 0.3) is 0 Å². The Morgan fingerprint density at radius 2 is 1.87 bits per heavy atom. The fourth-order valence-corrected chi connectivity index (χ4v) is 1.66. The first-order valence-corrected chi connectivity index (χ1v) is 6.04. The number of anilines is 1. The maximum absolute atomic E-state index is 13.5. The molecule has 2 rings (SSSR count). The fourth-order valence-electron chi connectivity index (χ4n) is 1.66. The molecule has 2 aromatic rings. The highest BCUT2D eigenvalue weighted by atomic mass is 19.2. The molecule has 11 heteroatoms. The Morgan fingerprint density at radius 1 is 1.30 bits per heavy atom. The minimum absolute atomic E-state index is 0.000608. The average Bonchev–Trinajstić information content (AvgIpc) is 2.98. The Balaban J connectivity index is 2.26. The van der Waals surface area contributed by atoms with E-state index in [1.54, 1.807) is 5.32 Å². The molecule has 1 atom stereocenters. The van der Waals surface area contributed by atoms with Crippen molar-refractivity contribution in [1.82, 2.24) is 9.78 Å². The van der Waals surface area contributed by atoms with Gasteiger partial charge in [-0.25, -0.2) is 17.6 Å². The van der Waals surface area contributed by atoms with Crippen molar-refractivity contribution in [2.24, 2.45) is 0 Å². The summed E-state index contributed by atoms with van der Waals surface area (Å²) in [4.78, 5) is 21.7. The van der Waals surface area contributed by atoms with E-state index in [4.69, 9.17) is 0 Å². The maximum Gasteiger partial charge on any atom is 0.307 e. The molecular weight excluding hydrogens is 324 g/mol. The molecule has 0 aliphatic heterocycles. The molecule has 0 fully saturated rings. The van der Waals surface area contributed by atoms with Crippen molar-refractivity contribution in [3.05, 3.63) is 51.8 Å². The molecular formula is C12H8F4N4O3. The van der Waals surface area contributed by atoms with E-state index in [0.717, 1.165) is 17.1 Å². The Hall–Kier alpha value is -2.98. The van der Waals surface area contributed by atoms with Crippen molar-refractivity contribution in [3.63, 3.8) is 0 Å². The van der Waals surface area contributed by atoms with Crippen molar-refractivity contribution in [3.8, 4) is 0 Å². The molecule has 1 aromatic carbocycles. The Bertz CT molecular complexity index is 767. The number of halogens is 4. The van der Waals surface area contributed by atoms with Gasteiger partial charge in [0.2, 0.25) is 5.91 Å². The number of aromatic nitrogens is 2. The van der Waals surface area contributed by atoms with Crippen LogP contribution in [0.4, 0.5) is 28.9 Å². The van der Waals surface area contributed by atoms with Crippen LogP contribution in [0.5, 0.6) is 0 Å². The zero-order valence-corrected chi connectivity index (χ0v) is 11.4. The van der Waals surface area contributed by atoms with Gasteiger partial charge in [-0.3, -0.25) is 19.6 Å². The first kappa shape index (κ1) is 16.4. The first-order valence-electron chi connectivity index (χ1n) is 6.04. The Morgan fingerprint density at radius 3 is 2.35 bits per heavy atom. The summed E-state index contributed by atoms with van der Waals surface area (Å²) in [7, 11) is 0. The van der Waals surface area contributed by atoms with Gasteiger partial charge in [-0.15, -0.1) is 0 Å². The summed E-state index contributed by atoms with van der Waals surface area (Å²) < 4.78 is 53.9. The molecule has 0 bridgehead atoms. The van der Waals surface area contributed by atoms with E-state index >= 15 is 0 Å². The Kier molecular flexibility index (Phi) is 4.29. The molecule has 1 unspecified atom stereocenters. The van der Waals surface area contributed by atoms with Crippen LogP contribution in [0, 0.1) is 33.4 Å². The molecule has 0 aliphatic carbocycles. The van der Waals surface area contributed by atoms with Gasteiger partial charge in [-0.05, 0) is 6.92 Å². The number of hydrogen-bond acceptors (Lipinski definition) is 4. The summed E-state index contributed by atoms with van der Waals surface area (Å²) in [6.07, 6.45) is 1.79. The summed E-state index contributed by atoms with van der Waals surface area (Å²) in [5.41, 5.74) is -1.69. The van der Waals surface area contributed by atoms with Crippen molar-refractivity contribution >= 4 is 17.3 Å². The number of benzene rings is 1. The number of nitro groups is 1. The van der Waals surface area contributed by atoms with Crippen LogP contribution < -0.4 is 5.32 Å². The smallest absolute Gasteiger partial charge is 0.307 e. The molecule has 7 nitrogen and oxygen atoms in total. The van der Waals surface area contributed by atoms with Crippen LogP contribution >= 0.6 is 0 Å². The Labute approximate surface area is 125 Å². The van der Waals surface area contributed by atoms with Crippen molar-refractivity contribution in [2.45, 2.75) is 13.0 Å². The fraction of sp³-hybridized carbons (Fsp3) is 0.167. The second-order valence-corrected chi connectivity index (χ2v) is 4.44. The van der Waals surface area contributed by atoms with Crippen molar-refractivity contribution in [1.29, 1.82) is 0 Å². The first-order chi connectivity index (χ1) is 10.7. The van der Waals surface area contributed by atoms with Crippen LogP contribution in [0.15, 0.2) is 18.5 Å². The van der Waals surface area contributed by atoms with E-state index < -0.39 is 51.5 Å². The molecule has 0 spiro atoms. The molecule has 1 amide bonds. The number of amides is 1. The van der Waals surface area contributed by atoms with Crippen molar-refractivity contribution in [2.75, 3.05) is 5.32 Å². The third-order valence-electron chi connectivity index (χ3n) is 2.93. The summed E-state index contributed by atoms with van der Waals surface area (Å²) >= 11 is 0. The zero-order valence-electron chi connectivity index (χ0n) is 11.4. The maximum atomic E-state index is 13.5. The summed E-state index contributed by atoms with van der Waals surface area (Å²) in [6.45, 7) is 1.22. The second-order valence-electron chi connectivity index (χ2n) is 4.44. The molecule has 1 aromatic heterocycles. The van der Waals surface area contributed by atoms with E-state index in [9.17, 15) is 32.5 Å². The van der Waals surface area contributed by atoms with Crippen LogP contribution in [-0.2, 0) is 4.79 Å². The molecule has 0 saturated carbocycles. The predicted molar refractivity (Wildman–Crippen MR) is 68.5 cm³/mol. The van der Waals surface area contributed by atoms with Gasteiger partial charge in [-0.1, -0.05) is 0 Å². The number of nitrogens with zero attached hydrogens (tertiary/aromatic N) is 3. The third-order valence-corrected chi connectivity index (χ3v) is 2.93. The van der Waals surface area contributed by atoms with Gasteiger partial charge in [0.25, 0.3) is 0 Å². The van der Waals surface area contributed by atoms with E-state index in [1.807, 2.05) is 0 Å². The molecule has 0 aliphatic rings. The van der Waals surface area contributed by atoms with Crippen LogP contribution in [0.3, 0.4) is 0 Å². The quantitative estimate of drug-likeness (QED) is 0.403. The lowest BCUT2D eigenvalue weighted by atomic mass is 10.2. The van der Waals surface area contributed by atoms with E-state index in [2.05, 4.69) is 5.10 Å². The second kappa shape index (κ2) is 6.02. The number of rotatable bonds is 4. The molecule has 122 valence electrons. The minimum atomic E-state index is -1.77. The molecule has 1 heterocycles. The average molecular weight is 332 g/mol. The largest absolute Gasteiger partial charge is 0.319 e. The lowest BCUT2D eigenvalue weighted by molar-refractivity contribution is -0.385. The highest BCUT2D eigenvalue weighted by Gasteiger charge is 2.24. The summed E-state index contributed by atoms with van der Waals surface area (Å²) in [6, 6.07) is -1.23. The normalized spacial score (nSPS) is 12.0. The standard InChI is InChI=1S/C12H8F4N4O3/c1-5(19-4-6(3-17-19)20(22)23)12(21)18-11-9(15)7(13)2-8(14)10(11)16/h2-5H,1H3,(H,18,21). The lowest BCUT2D eigenvalue weighted by Crippen LogP contribution is -2.25. The van der Waals surface area contributed by atoms with Gasteiger partial charge in [0.15, 0.2) is 23.3 Å². The van der Waals surface area contributed by atoms with Gasteiger partial charge in [-0.2, -0.15) is 5.10 Å². The number of carbonyl (C=O) groups excluding carboxylic acids is 1. The van der Waals surface area contributed by atoms with Gasteiger partial charge in [0.05, 0.1) is 4.92 Å². The van der Waals surface area contributed by atoms with Gasteiger partial charge in [0, 0.05) is 6.07 Å². The van der Waals surface area contributed by atoms with Gasteiger partial charge >= 0.3 is 5.69 Å². The molecule has 23 heavy (non-hydrogen) atoms. The van der Waals surface area contributed by atoms with Crippen molar-refractivity contribution < 1.29 is 27.3 Å². The SMILES string of the molecule is CC(C(=O)Nc1c(F)c(F)cc(F)c1F)n1cc([N+](=O)[O-])cn1. The number of hydrogen-bond donors (Lipinski definition) is 1. The summed E-state index contributed by atoms with van der Waals surface area (Å²) in [5, 5.41) is 15.8. The highest BCUT2D eigenvalue weighted by Crippen LogP contribution is 2.25. The lowest BCUT2D eigenvalue weighted by Gasteiger charge is -2.13. The number of carbonyl (C=O) groups is 1. The minimum Gasteiger partial charge on any atom is -0.319 e. The van der Waals surface area contributed by atoms with E-state index in [0.29, 0.717) is 0 Å². The zero-order chi connectivity index (χ0) is 17.3. The van der Waals surface area contributed by atoms with E-state index in [-0.39, 0.29) is 6.07 Å². The summed E-state index contributed by atoms with van der Waals surface area (Å²) in [5.74, 6) is -7.97. The molecule has 0 radical (unpaired) electrons. The van der Waals surface area contributed by atoms with Gasteiger partial charge < -0.3 is 5.32 Å². The van der Waals surface area contributed by atoms with Crippen LogP contribution in [-0.4, -0.2) is 20.6 Å².